The van der Waals surface area contributed by atoms with Crippen molar-refractivity contribution in [2.75, 3.05) is 62.1 Å². The van der Waals surface area contributed by atoms with Crippen molar-refractivity contribution < 1.29 is 4.74 Å². The number of rotatable bonds is 5. The van der Waals surface area contributed by atoms with E-state index >= 15 is 0 Å². The zero-order chi connectivity index (χ0) is 21.3. The lowest BCUT2D eigenvalue weighted by Crippen LogP contribution is -2.33. The quantitative estimate of drug-likeness (QED) is 0.715. The molecule has 4 N–H and O–H groups in total. The summed E-state index contributed by atoms with van der Waals surface area (Å²) in [5.74, 6) is 1.01. The fourth-order valence-electron chi connectivity index (χ4n) is 4.14. The maximum Gasteiger partial charge on any atom is 0.168 e. The summed E-state index contributed by atoms with van der Waals surface area (Å²) in [5, 5.41) is 0. The van der Waals surface area contributed by atoms with Crippen LogP contribution in [-0.4, -0.2) is 66.7 Å². The smallest absolute Gasteiger partial charge is 0.168 e. The average Bonchev–Trinajstić information content (AvgIpc) is 3.25. The van der Waals surface area contributed by atoms with E-state index in [1.807, 2.05) is 18.4 Å². The summed E-state index contributed by atoms with van der Waals surface area (Å²) in [6.45, 7) is 2.45. The molecule has 9 nitrogen and oxygen atoms in total. The van der Waals surface area contributed by atoms with Gasteiger partial charge in [0.1, 0.15) is 18.3 Å². The monoisotopic (exact) mass is 408 g/mol. The molecule has 0 aliphatic carbocycles. The van der Waals surface area contributed by atoms with E-state index in [4.69, 9.17) is 16.2 Å². The van der Waals surface area contributed by atoms with Crippen LogP contribution in [0.25, 0.3) is 11.4 Å². The Hall–Kier alpha value is -3.33. The van der Waals surface area contributed by atoms with Crippen LogP contribution in [0.2, 0.25) is 0 Å². The standard InChI is InChI=1S/C21H28N8O/c1-27(2)14-7-10-29(11-14)18-16(22)15(21-25-12-24-13-26-21)17(23)20(30-3)19(18)28-8-5-4-6-9-28/h4-6,8,12-14H,7,9-11,22-23H2,1-3H3. The van der Waals surface area contributed by atoms with Crippen LogP contribution in [0.3, 0.4) is 0 Å². The maximum atomic E-state index is 6.79. The summed E-state index contributed by atoms with van der Waals surface area (Å²) in [5.41, 5.74) is 16.7. The highest BCUT2D eigenvalue weighted by Crippen LogP contribution is 2.52. The Morgan fingerprint density at radius 1 is 1.10 bits per heavy atom. The normalized spacial score (nSPS) is 18.5. The van der Waals surface area contributed by atoms with Crippen LogP contribution in [0.4, 0.5) is 22.7 Å². The van der Waals surface area contributed by atoms with Gasteiger partial charge in [0.05, 0.1) is 29.7 Å². The molecule has 0 radical (unpaired) electrons. The Kier molecular flexibility index (Phi) is 5.45. The van der Waals surface area contributed by atoms with Gasteiger partial charge in [-0.2, -0.15) is 0 Å². The van der Waals surface area contributed by atoms with Crippen LogP contribution in [0.5, 0.6) is 5.75 Å². The molecule has 1 fully saturated rings. The zero-order valence-corrected chi connectivity index (χ0v) is 17.6. The molecular formula is C21H28N8O. The average molecular weight is 409 g/mol. The van der Waals surface area contributed by atoms with Crippen molar-refractivity contribution in [1.29, 1.82) is 0 Å². The molecule has 2 aliphatic rings. The molecule has 2 aliphatic heterocycles. The van der Waals surface area contributed by atoms with E-state index in [1.165, 1.54) is 12.7 Å². The van der Waals surface area contributed by atoms with E-state index < -0.39 is 0 Å². The summed E-state index contributed by atoms with van der Waals surface area (Å²) in [6.07, 6.45) is 12.0. The van der Waals surface area contributed by atoms with Gasteiger partial charge in [-0.3, -0.25) is 0 Å². The molecule has 2 aromatic rings. The molecule has 0 amide bonds. The van der Waals surface area contributed by atoms with E-state index in [1.54, 1.807) is 7.11 Å². The molecule has 0 saturated carbocycles. The second kappa shape index (κ2) is 8.19. The van der Waals surface area contributed by atoms with E-state index in [0.717, 1.165) is 30.9 Å². The van der Waals surface area contributed by atoms with Crippen molar-refractivity contribution in [1.82, 2.24) is 19.9 Å². The second-order valence-corrected chi connectivity index (χ2v) is 7.67. The molecular weight excluding hydrogens is 380 g/mol. The lowest BCUT2D eigenvalue weighted by Gasteiger charge is -2.33. The van der Waals surface area contributed by atoms with Gasteiger partial charge in [0, 0.05) is 31.9 Å². The van der Waals surface area contributed by atoms with Crippen LogP contribution >= 0.6 is 0 Å². The van der Waals surface area contributed by atoms with Crippen LogP contribution in [0, 0.1) is 0 Å². The molecule has 1 aromatic heterocycles. The van der Waals surface area contributed by atoms with Gasteiger partial charge in [0.2, 0.25) is 0 Å². The van der Waals surface area contributed by atoms with Crippen LogP contribution in [0.1, 0.15) is 6.42 Å². The van der Waals surface area contributed by atoms with Crippen LogP contribution in [0.15, 0.2) is 37.1 Å². The summed E-state index contributed by atoms with van der Waals surface area (Å²) in [6, 6.07) is 0.443. The van der Waals surface area contributed by atoms with E-state index in [0.29, 0.717) is 41.1 Å². The minimum absolute atomic E-state index is 0.422. The van der Waals surface area contributed by atoms with Crippen molar-refractivity contribution in [2.24, 2.45) is 0 Å². The van der Waals surface area contributed by atoms with Crippen LogP contribution < -0.4 is 26.0 Å². The number of likely N-dealkylation sites (N-methyl/N-ethyl adjacent to an activating group) is 1. The maximum absolute atomic E-state index is 6.79. The number of ether oxygens (including phenoxy) is 1. The number of allylic oxidation sites excluding steroid dienone is 2. The molecule has 0 bridgehead atoms. The van der Waals surface area contributed by atoms with E-state index in [9.17, 15) is 0 Å². The largest absolute Gasteiger partial charge is 0.492 e. The summed E-state index contributed by atoms with van der Waals surface area (Å²) >= 11 is 0. The Labute approximate surface area is 176 Å². The molecule has 30 heavy (non-hydrogen) atoms. The number of nitrogens with two attached hydrogens (primary N) is 2. The molecule has 3 heterocycles. The van der Waals surface area contributed by atoms with Crippen LogP contribution in [-0.2, 0) is 0 Å². The van der Waals surface area contributed by atoms with Gasteiger partial charge in [0.25, 0.3) is 0 Å². The number of benzene rings is 1. The number of hydrogen-bond acceptors (Lipinski definition) is 9. The number of aromatic nitrogens is 3. The lowest BCUT2D eigenvalue weighted by atomic mass is 10.0. The van der Waals surface area contributed by atoms with Crippen molar-refractivity contribution in [3.05, 3.63) is 37.1 Å². The first kappa shape index (κ1) is 20.0. The third-order valence-electron chi connectivity index (χ3n) is 5.71. The van der Waals surface area contributed by atoms with Gasteiger partial charge in [-0.25, -0.2) is 15.0 Å². The first-order valence-electron chi connectivity index (χ1n) is 9.95. The molecule has 1 aromatic carbocycles. The molecule has 1 saturated heterocycles. The summed E-state index contributed by atoms with van der Waals surface area (Å²) in [4.78, 5) is 19.2. The number of methoxy groups -OCH3 is 1. The predicted octanol–water partition coefficient (Wildman–Crippen LogP) is 1.74. The zero-order valence-electron chi connectivity index (χ0n) is 17.6. The van der Waals surface area contributed by atoms with Gasteiger partial charge in [-0.1, -0.05) is 12.2 Å². The Bertz CT molecular complexity index is 973. The Balaban J connectivity index is 1.95. The van der Waals surface area contributed by atoms with Crippen molar-refractivity contribution in [2.45, 2.75) is 12.5 Å². The molecule has 1 unspecified atom stereocenters. The fourth-order valence-corrected chi connectivity index (χ4v) is 4.14. The van der Waals surface area contributed by atoms with Gasteiger partial charge < -0.3 is 30.9 Å². The first-order valence-corrected chi connectivity index (χ1v) is 9.95. The SMILES string of the molecule is COc1c(N)c(-c2ncncn2)c(N)c(N2CCC(N(C)C)C2)c1N1C=CC=CC1. The molecule has 158 valence electrons. The molecule has 9 heteroatoms. The highest BCUT2D eigenvalue weighted by Gasteiger charge is 2.33. The lowest BCUT2D eigenvalue weighted by molar-refractivity contribution is 0.315. The minimum Gasteiger partial charge on any atom is -0.492 e. The highest BCUT2D eigenvalue weighted by molar-refractivity contribution is 6.03. The third kappa shape index (κ3) is 3.41. The topological polar surface area (TPSA) is 110 Å². The summed E-state index contributed by atoms with van der Waals surface area (Å²) in [7, 11) is 5.84. The Morgan fingerprint density at radius 2 is 1.87 bits per heavy atom. The van der Waals surface area contributed by atoms with E-state index in [2.05, 4.69) is 49.8 Å². The first-order chi connectivity index (χ1) is 14.5. The summed E-state index contributed by atoms with van der Waals surface area (Å²) < 4.78 is 5.83. The number of anilines is 4. The second-order valence-electron chi connectivity index (χ2n) is 7.67. The third-order valence-corrected chi connectivity index (χ3v) is 5.71. The van der Waals surface area contributed by atoms with E-state index in [-0.39, 0.29) is 0 Å². The molecule has 4 rings (SSSR count). The Morgan fingerprint density at radius 3 is 2.47 bits per heavy atom. The van der Waals surface area contributed by atoms with Crippen molar-refractivity contribution in [3.63, 3.8) is 0 Å². The van der Waals surface area contributed by atoms with Gasteiger partial charge in [-0.05, 0) is 26.6 Å². The molecule has 0 spiro atoms. The highest BCUT2D eigenvalue weighted by atomic mass is 16.5. The molecule has 1 atom stereocenters. The number of nitrogens with zero attached hydrogens (tertiary/aromatic N) is 6. The van der Waals surface area contributed by atoms with Crippen molar-refractivity contribution >= 4 is 22.7 Å². The number of nitrogen functional groups attached to an aromatic ring is 2. The predicted molar refractivity (Wildman–Crippen MR) is 121 cm³/mol. The van der Waals surface area contributed by atoms with Crippen molar-refractivity contribution in [3.8, 4) is 17.1 Å². The minimum atomic E-state index is 0.422. The van der Waals surface area contributed by atoms with Gasteiger partial charge in [-0.15, -0.1) is 0 Å². The fraction of sp³-hybridized carbons (Fsp3) is 0.381. The van der Waals surface area contributed by atoms with Gasteiger partial charge in [0.15, 0.2) is 11.6 Å². The number of hydrogen-bond donors (Lipinski definition) is 2. The van der Waals surface area contributed by atoms with Gasteiger partial charge >= 0.3 is 0 Å².